The van der Waals surface area contributed by atoms with Gasteiger partial charge in [0.1, 0.15) is 12.4 Å². The average molecular weight is 316 g/mol. The lowest BCUT2D eigenvalue weighted by atomic mass is 10.1. The molecule has 1 aromatic rings. The van der Waals surface area contributed by atoms with E-state index >= 15 is 0 Å². The van der Waals surface area contributed by atoms with Gasteiger partial charge in [0.2, 0.25) is 0 Å². The molecule has 9 heteroatoms. The van der Waals surface area contributed by atoms with E-state index in [0.29, 0.717) is 0 Å². The van der Waals surface area contributed by atoms with Crippen molar-refractivity contribution in [3.05, 3.63) is 29.8 Å². The maximum Gasteiger partial charge on any atom is 0.573 e. The van der Waals surface area contributed by atoms with Gasteiger partial charge in [-0.3, -0.25) is 4.79 Å². The largest absolute Gasteiger partial charge is 0.573 e. The van der Waals surface area contributed by atoms with Crippen LogP contribution in [0.3, 0.4) is 0 Å². The van der Waals surface area contributed by atoms with Crippen molar-refractivity contribution in [2.24, 2.45) is 0 Å². The van der Waals surface area contributed by atoms with E-state index in [0.717, 1.165) is 12.1 Å². The second-order valence-electron chi connectivity index (χ2n) is 3.88. The van der Waals surface area contributed by atoms with Crippen LogP contribution in [0.5, 0.6) is 5.75 Å². The summed E-state index contributed by atoms with van der Waals surface area (Å²) < 4.78 is 79.7. The molecule has 0 amide bonds. The van der Waals surface area contributed by atoms with E-state index in [-0.39, 0.29) is 5.56 Å². The van der Waals surface area contributed by atoms with Crippen LogP contribution in [-0.4, -0.2) is 31.5 Å². The zero-order valence-electron chi connectivity index (χ0n) is 10.4. The normalized spacial score (nSPS) is 12.3. The number of hydrogen-bond acceptors (Lipinski definition) is 3. The summed E-state index contributed by atoms with van der Waals surface area (Å²) in [5.74, 6) is -1.51. The van der Waals surface area contributed by atoms with Crippen LogP contribution in [0.4, 0.5) is 26.3 Å². The van der Waals surface area contributed by atoms with Crippen LogP contribution in [0.2, 0.25) is 0 Å². The van der Waals surface area contributed by atoms with Gasteiger partial charge in [-0.2, -0.15) is 13.2 Å². The summed E-state index contributed by atoms with van der Waals surface area (Å²) in [4.78, 5) is 11.7. The highest BCUT2D eigenvalue weighted by atomic mass is 19.4. The molecule has 0 aliphatic rings. The highest BCUT2D eigenvalue weighted by Gasteiger charge is 2.33. The molecule has 0 bridgehead atoms. The van der Waals surface area contributed by atoms with E-state index in [2.05, 4.69) is 9.47 Å². The number of carbonyl (C=O) groups is 1. The summed E-state index contributed by atoms with van der Waals surface area (Å²) in [5.41, 5.74) is -0.370. The van der Waals surface area contributed by atoms with Gasteiger partial charge >= 0.3 is 12.5 Å². The monoisotopic (exact) mass is 316 g/mol. The fourth-order valence-electron chi connectivity index (χ4n) is 1.40. The molecule has 118 valence electrons. The molecule has 0 saturated heterocycles. The van der Waals surface area contributed by atoms with Crippen molar-refractivity contribution >= 4 is 5.78 Å². The Balaban J connectivity index is 2.62. The van der Waals surface area contributed by atoms with Gasteiger partial charge in [0.05, 0.1) is 12.2 Å². The number of alkyl halides is 6. The molecular formula is C12H10F6O3. The molecule has 21 heavy (non-hydrogen) atoms. The van der Waals surface area contributed by atoms with E-state index in [4.69, 9.17) is 0 Å². The minimum atomic E-state index is -4.97. The van der Waals surface area contributed by atoms with Crippen molar-refractivity contribution in [1.29, 1.82) is 0 Å². The quantitative estimate of drug-likeness (QED) is 0.456. The first kappa shape index (κ1) is 17.3. The third-order valence-corrected chi connectivity index (χ3v) is 2.15. The van der Waals surface area contributed by atoms with Gasteiger partial charge < -0.3 is 9.47 Å². The second kappa shape index (κ2) is 6.79. The van der Waals surface area contributed by atoms with Crippen molar-refractivity contribution < 1.29 is 40.6 Å². The zero-order chi connectivity index (χ0) is 16.1. The maximum atomic E-state index is 12.1. The summed E-state index contributed by atoms with van der Waals surface area (Å²) in [6.45, 7) is -2.08. The molecule has 3 nitrogen and oxygen atoms in total. The van der Waals surface area contributed by atoms with Crippen molar-refractivity contribution in [1.82, 2.24) is 0 Å². The third-order valence-electron chi connectivity index (χ3n) is 2.15. The van der Waals surface area contributed by atoms with Gasteiger partial charge in [-0.15, -0.1) is 13.2 Å². The second-order valence-corrected chi connectivity index (χ2v) is 3.88. The molecule has 1 rings (SSSR count). The number of Topliss-reactive ketones (excluding diaryl/α,β-unsaturated/α-hetero) is 1. The SMILES string of the molecule is O=C(CCOCC(F)(F)F)c1ccccc1OC(F)(F)F. The molecule has 0 atom stereocenters. The molecular weight excluding hydrogens is 306 g/mol. The van der Waals surface area contributed by atoms with Gasteiger partial charge in [0, 0.05) is 6.42 Å². The summed E-state index contributed by atoms with van der Waals surface area (Å²) >= 11 is 0. The van der Waals surface area contributed by atoms with Gasteiger partial charge in [0.15, 0.2) is 5.78 Å². The fraction of sp³-hybridized carbons (Fsp3) is 0.417. The Bertz CT molecular complexity index is 481. The minimum absolute atomic E-state index is 0.370. The molecule has 0 saturated carbocycles. The fourth-order valence-corrected chi connectivity index (χ4v) is 1.40. The molecule has 0 aliphatic heterocycles. The zero-order valence-corrected chi connectivity index (χ0v) is 10.4. The topological polar surface area (TPSA) is 35.5 Å². The standard InChI is InChI=1S/C12H10F6O3/c13-11(14,15)7-20-6-5-9(19)8-3-1-2-4-10(8)21-12(16,17)18/h1-4H,5-7H2. The summed E-state index contributed by atoms with van der Waals surface area (Å²) in [5, 5.41) is 0. The number of ether oxygens (including phenoxy) is 2. The first-order valence-corrected chi connectivity index (χ1v) is 5.61. The van der Waals surface area contributed by atoms with Crippen LogP contribution in [0.15, 0.2) is 24.3 Å². The molecule has 1 aromatic carbocycles. The smallest absolute Gasteiger partial charge is 0.405 e. The van der Waals surface area contributed by atoms with Gasteiger partial charge in [0.25, 0.3) is 0 Å². The molecule has 0 aliphatic carbocycles. The van der Waals surface area contributed by atoms with Crippen molar-refractivity contribution in [2.75, 3.05) is 13.2 Å². The van der Waals surface area contributed by atoms with Crippen molar-refractivity contribution in [3.8, 4) is 5.75 Å². The number of ketones is 1. The van der Waals surface area contributed by atoms with Gasteiger partial charge in [-0.25, -0.2) is 0 Å². The number of benzene rings is 1. The van der Waals surface area contributed by atoms with Crippen LogP contribution >= 0.6 is 0 Å². The van der Waals surface area contributed by atoms with E-state index in [1.165, 1.54) is 12.1 Å². The Hall–Kier alpha value is -1.77. The Morgan fingerprint density at radius 3 is 2.24 bits per heavy atom. The van der Waals surface area contributed by atoms with Gasteiger partial charge in [-0.05, 0) is 12.1 Å². The highest BCUT2D eigenvalue weighted by Crippen LogP contribution is 2.27. The van der Waals surface area contributed by atoms with Crippen LogP contribution in [0, 0.1) is 0 Å². The Labute approximate surface area is 115 Å². The summed E-state index contributed by atoms with van der Waals surface area (Å²) in [7, 11) is 0. The first-order chi connectivity index (χ1) is 9.58. The van der Waals surface area contributed by atoms with E-state index in [1.807, 2.05) is 0 Å². The van der Waals surface area contributed by atoms with E-state index < -0.39 is 43.7 Å². The lowest BCUT2D eigenvalue weighted by Gasteiger charge is -2.12. The number of para-hydroxylation sites is 1. The van der Waals surface area contributed by atoms with Gasteiger partial charge in [-0.1, -0.05) is 12.1 Å². The van der Waals surface area contributed by atoms with Crippen molar-refractivity contribution in [2.45, 2.75) is 19.0 Å². The first-order valence-electron chi connectivity index (χ1n) is 5.61. The van der Waals surface area contributed by atoms with Crippen LogP contribution < -0.4 is 4.74 Å². The van der Waals surface area contributed by atoms with E-state index in [9.17, 15) is 31.1 Å². The minimum Gasteiger partial charge on any atom is -0.405 e. The Morgan fingerprint density at radius 2 is 1.67 bits per heavy atom. The summed E-state index contributed by atoms with van der Waals surface area (Å²) in [6, 6.07) is 4.58. The Kier molecular flexibility index (Phi) is 5.59. The van der Waals surface area contributed by atoms with Crippen LogP contribution in [0.25, 0.3) is 0 Å². The van der Waals surface area contributed by atoms with Crippen LogP contribution in [-0.2, 0) is 4.74 Å². The molecule has 0 aromatic heterocycles. The lowest BCUT2D eigenvalue weighted by molar-refractivity contribution is -0.274. The molecule has 0 heterocycles. The maximum absolute atomic E-state index is 12.1. The molecule has 0 N–H and O–H groups in total. The number of rotatable bonds is 6. The molecule has 0 fully saturated rings. The molecule has 0 radical (unpaired) electrons. The van der Waals surface area contributed by atoms with Crippen LogP contribution in [0.1, 0.15) is 16.8 Å². The highest BCUT2D eigenvalue weighted by molar-refractivity contribution is 5.98. The predicted molar refractivity (Wildman–Crippen MR) is 58.9 cm³/mol. The van der Waals surface area contributed by atoms with Crippen molar-refractivity contribution in [3.63, 3.8) is 0 Å². The molecule has 0 unspecified atom stereocenters. The third kappa shape index (κ3) is 6.98. The Morgan fingerprint density at radius 1 is 1.05 bits per heavy atom. The number of carbonyl (C=O) groups excluding carboxylic acids is 1. The van der Waals surface area contributed by atoms with E-state index in [1.54, 1.807) is 0 Å². The molecule has 0 spiro atoms. The average Bonchev–Trinajstić information content (AvgIpc) is 2.32. The number of halogens is 6. The predicted octanol–water partition coefficient (Wildman–Crippen LogP) is 3.74. The number of hydrogen-bond donors (Lipinski definition) is 0. The summed E-state index contributed by atoms with van der Waals surface area (Å²) in [6.07, 6.45) is -9.99. The lowest BCUT2D eigenvalue weighted by Crippen LogP contribution is -2.20.